The average molecular weight is 925 g/mol. The Balaban J connectivity index is 0.000000183. The molecule has 1 fully saturated rings. The van der Waals surface area contributed by atoms with Gasteiger partial charge in [-0.25, -0.2) is 0 Å². The maximum Gasteiger partial charge on any atom is 0.120 e. The van der Waals surface area contributed by atoms with Gasteiger partial charge in [-0.05, 0) is 69.4 Å². The maximum absolute atomic E-state index is 6.34. The summed E-state index contributed by atoms with van der Waals surface area (Å²) in [6, 6.07) is 52.9. The molecule has 0 bridgehead atoms. The van der Waals surface area contributed by atoms with Crippen LogP contribution in [0, 0.1) is 18.1 Å². The molecule has 9 rings (SSSR count). The van der Waals surface area contributed by atoms with Gasteiger partial charge in [0.1, 0.15) is 5.58 Å². The minimum absolute atomic E-state index is 0. The number of furan rings is 1. The zero-order valence-corrected chi connectivity index (χ0v) is 36.1. The molecule has 0 amide bonds. The molecule has 3 aromatic heterocycles. The van der Waals surface area contributed by atoms with Gasteiger partial charge < -0.3 is 14.4 Å². The molecule has 1 unspecified atom stereocenters. The van der Waals surface area contributed by atoms with Crippen molar-refractivity contribution in [3.8, 4) is 33.6 Å². The topological polar surface area (TPSA) is 38.9 Å². The molecular formula is C51H48IrN2OSi-2. The first-order valence-corrected chi connectivity index (χ1v) is 23.2. The third-order valence-corrected chi connectivity index (χ3v) is 13.2. The van der Waals surface area contributed by atoms with E-state index >= 15 is 0 Å². The smallest absolute Gasteiger partial charge is 0.120 e. The largest absolute Gasteiger partial charge is 0.501 e. The van der Waals surface area contributed by atoms with Gasteiger partial charge in [0.05, 0.1) is 13.7 Å². The summed E-state index contributed by atoms with van der Waals surface area (Å²) in [5.41, 5.74) is 12.1. The van der Waals surface area contributed by atoms with Gasteiger partial charge in [0.25, 0.3) is 0 Å². The number of fused-ring (bicyclic) bond motifs is 3. The monoisotopic (exact) mass is 925 g/mol. The number of benzene rings is 5. The van der Waals surface area contributed by atoms with Crippen molar-refractivity contribution >= 4 is 35.2 Å². The molecule has 5 heteroatoms. The second-order valence-corrected chi connectivity index (χ2v) is 21.0. The van der Waals surface area contributed by atoms with Gasteiger partial charge >= 0.3 is 0 Å². The summed E-state index contributed by atoms with van der Waals surface area (Å²) in [5, 5.41) is 3.73. The molecule has 8 aromatic rings. The van der Waals surface area contributed by atoms with Gasteiger partial charge in [-0.1, -0.05) is 148 Å². The fourth-order valence-electron chi connectivity index (χ4n) is 8.10. The van der Waals surface area contributed by atoms with Crippen molar-refractivity contribution in [3.63, 3.8) is 0 Å². The average Bonchev–Trinajstić information content (AvgIpc) is 3.89. The minimum atomic E-state index is -1.35. The van der Waals surface area contributed by atoms with Crippen LogP contribution in [0.15, 0.2) is 150 Å². The molecule has 1 radical (unpaired) electrons. The van der Waals surface area contributed by atoms with E-state index in [0.29, 0.717) is 0 Å². The number of nitrogens with zero attached hydrogens (tertiary/aromatic N) is 2. The van der Waals surface area contributed by atoms with Crippen molar-refractivity contribution in [2.45, 2.75) is 64.6 Å². The van der Waals surface area contributed by atoms with Gasteiger partial charge in [-0.3, -0.25) is 0 Å². The molecule has 5 aromatic carbocycles. The van der Waals surface area contributed by atoms with Crippen molar-refractivity contribution in [1.29, 1.82) is 0 Å². The quantitative estimate of drug-likeness (QED) is 0.113. The first-order valence-electron chi connectivity index (χ1n) is 19.7. The van der Waals surface area contributed by atoms with Crippen LogP contribution in [0.3, 0.4) is 0 Å². The Labute approximate surface area is 346 Å². The molecule has 1 aliphatic carbocycles. The number of aromatic nitrogens is 2. The zero-order valence-electron chi connectivity index (χ0n) is 32.7. The van der Waals surface area contributed by atoms with Crippen LogP contribution < -0.4 is 5.19 Å². The Morgan fingerprint density at radius 1 is 0.696 bits per heavy atom. The summed E-state index contributed by atoms with van der Waals surface area (Å²) < 4.78 is 6.34. The molecule has 3 nitrogen and oxygen atoms in total. The second-order valence-electron chi connectivity index (χ2n) is 16.0. The zero-order chi connectivity index (χ0) is 37.8. The van der Waals surface area contributed by atoms with Crippen molar-refractivity contribution < 1.29 is 24.5 Å². The number of hydrogen-bond donors (Lipinski definition) is 0. The second kappa shape index (κ2) is 17.5. The van der Waals surface area contributed by atoms with Crippen LogP contribution in [-0.4, -0.2) is 18.0 Å². The standard InChI is InChI=1S/C31H22NO.C20H26NSi.Ir/c1-21(22-9-4-2-5-10-22)24-17-18-32-29(20-24)27-14-8-13-26-28-19-25(23-11-6-3-7-12-23)15-16-30(28)33-31(26)27;1-22(2,3)20-15-21-19(17-11-5-4-6-12-17)14-18(20)13-16-9-7-8-10-16;/h2-13,15-21H,1H3;4-6,11,14-16H,7-10,13H2,1-3H3;/q2*-1;. The fourth-order valence-corrected chi connectivity index (χ4v) is 9.69. The van der Waals surface area contributed by atoms with Crippen LogP contribution in [-0.2, 0) is 26.5 Å². The number of hydrogen-bond acceptors (Lipinski definition) is 3. The molecule has 1 atom stereocenters. The SMILES string of the molecule is CC(c1ccccc1)c1ccnc(-c2[c-]ccc3c2oc2ccc(-c4ccccc4)cc23)c1.C[Si](C)(C)c1cnc(-c2[c-]cccc2)cc1CC1CCCC1.[Ir]. The Hall–Kier alpha value is -4.93. The van der Waals surface area contributed by atoms with E-state index in [4.69, 9.17) is 9.40 Å². The minimum Gasteiger partial charge on any atom is -0.501 e. The Kier molecular flexibility index (Phi) is 12.3. The van der Waals surface area contributed by atoms with Crippen molar-refractivity contribution in [2.24, 2.45) is 5.92 Å². The molecule has 56 heavy (non-hydrogen) atoms. The van der Waals surface area contributed by atoms with Crippen molar-refractivity contribution in [1.82, 2.24) is 9.97 Å². The van der Waals surface area contributed by atoms with Crippen LogP contribution in [0.1, 0.15) is 55.2 Å². The summed E-state index contributed by atoms with van der Waals surface area (Å²) in [4.78, 5) is 9.43. The molecule has 283 valence electrons. The van der Waals surface area contributed by atoms with Crippen molar-refractivity contribution in [2.75, 3.05) is 0 Å². The van der Waals surface area contributed by atoms with E-state index in [-0.39, 0.29) is 26.0 Å². The van der Waals surface area contributed by atoms with E-state index in [1.807, 2.05) is 30.5 Å². The summed E-state index contributed by atoms with van der Waals surface area (Å²) in [5.74, 6) is 1.15. The summed E-state index contributed by atoms with van der Waals surface area (Å²) in [7, 11) is -1.35. The number of rotatable bonds is 8. The van der Waals surface area contributed by atoms with E-state index in [0.717, 1.165) is 50.4 Å². The van der Waals surface area contributed by atoms with E-state index < -0.39 is 8.07 Å². The normalized spacial score (nSPS) is 13.6. The van der Waals surface area contributed by atoms with Crippen LogP contribution in [0.2, 0.25) is 19.6 Å². The van der Waals surface area contributed by atoms with Gasteiger partial charge in [-0.2, -0.15) is 0 Å². The maximum atomic E-state index is 6.34. The fraction of sp³-hybridized carbons (Fsp3) is 0.216. The molecule has 0 saturated heterocycles. The van der Waals surface area contributed by atoms with Crippen LogP contribution in [0.5, 0.6) is 0 Å². The van der Waals surface area contributed by atoms with E-state index in [1.165, 1.54) is 54.4 Å². The van der Waals surface area contributed by atoms with Gasteiger partial charge in [0, 0.05) is 43.8 Å². The molecular weight excluding hydrogens is 877 g/mol. The number of pyridine rings is 2. The predicted molar refractivity (Wildman–Crippen MR) is 232 cm³/mol. The van der Waals surface area contributed by atoms with Crippen LogP contribution in [0.4, 0.5) is 0 Å². The molecule has 0 aliphatic heterocycles. The van der Waals surface area contributed by atoms with Crippen molar-refractivity contribution in [3.05, 3.63) is 175 Å². The third kappa shape index (κ3) is 8.71. The Bertz CT molecular complexity index is 2520. The summed E-state index contributed by atoms with van der Waals surface area (Å²) >= 11 is 0. The first-order chi connectivity index (χ1) is 26.8. The molecule has 3 heterocycles. The summed E-state index contributed by atoms with van der Waals surface area (Å²) in [6.45, 7) is 9.51. The van der Waals surface area contributed by atoms with Crippen LogP contribution in [0.25, 0.3) is 55.6 Å². The third-order valence-electron chi connectivity index (χ3n) is 11.1. The molecule has 0 spiro atoms. The van der Waals surface area contributed by atoms with E-state index in [9.17, 15) is 0 Å². The summed E-state index contributed by atoms with van der Waals surface area (Å²) in [6.07, 6.45) is 10.9. The molecule has 1 aliphatic rings. The van der Waals surface area contributed by atoms with E-state index in [2.05, 4.69) is 159 Å². The molecule has 0 N–H and O–H groups in total. The molecule has 1 saturated carbocycles. The van der Waals surface area contributed by atoms with E-state index in [1.54, 1.807) is 10.8 Å². The Morgan fingerprint density at radius 2 is 1.45 bits per heavy atom. The predicted octanol–water partition coefficient (Wildman–Crippen LogP) is 13.1. The van der Waals surface area contributed by atoms with Gasteiger partial charge in [0.15, 0.2) is 0 Å². The Morgan fingerprint density at radius 3 is 2.18 bits per heavy atom. The van der Waals surface area contributed by atoms with Gasteiger partial charge in [0.2, 0.25) is 0 Å². The first kappa shape index (κ1) is 39.3. The van der Waals surface area contributed by atoms with Crippen LogP contribution >= 0.6 is 0 Å². The van der Waals surface area contributed by atoms with Gasteiger partial charge in [-0.15, -0.1) is 54.1 Å².